The molecule has 158 valence electrons. The summed E-state index contributed by atoms with van der Waals surface area (Å²) in [6.07, 6.45) is -2.13. The van der Waals surface area contributed by atoms with Crippen LogP contribution in [0.4, 0.5) is 13.2 Å². The third kappa shape index (κ3) is 5.18. The Kier molecular flexibility index (Phi) is 5.90. The summed E-state index contributed by atoms with van der Waals surface area (Å²) in [5, 5.41) is 0.511. The second-order valence-corrected chi connectivity index (χ2v) is 8.03. The van der Waals surface area contributed by atoms with Crippen molar-refractivity contribution in [1.29, 1.82) is 0 Å². The van der Waals surface area contributed by atoms with Crippen molar-refractivity contribution in [3.8, 4) is 22.5 Å². The maximum atomic E-state index is 13.2. The summed E-state index contributed by atoms with van der Waals surface area (Å²) in [5.74, 6) is -0.533. The molecule has 0 saturated carbocycles. The van der Waals surface area contributed by atoms with Crippen LogP contribution in [0.1, 0.15) is 26.5 Å². The normalized spacial score (nSPS) is 12.1. The number of nitrogens with zero attached hydrogens (tertiary/aromatic N) is 3. The number of hydrogen-bond donors (Lipinski definition) is 0. The summed E-state index contributed by atoms with van der Waals surface area (Å²) in [6, 6.07) is 9.09. The van der Waals surface area contributed by atoms with E-state index in [4.69, 9.17) is 16.3 Å². The topological polar surface area (TPSA) is 57.0 Å². The number of alkyl halides is 3. The van der Waals surface area contributed by atoms with E-state index < -0.39 is 23.4 Å². The van der Waals surface area contributed by atoms with Crippen molar-refractivity contribution in [1.82, 2.24) is 14.5 Å². The molecule has 0 aliphatic rings. The lowest BCUT2D eigenvalue weighted by atomic mass is 10.0. The van der Waals surface area contributed by atoms with Gasteiger partial charge in [-0.25, -0.2) is 4.98 Å². The Morgan fingerprint density at radius 3 is 2.33 bits per heavy atom. The monoisotopic (exact) mass is 437 g/mol. The fraction of sp³-hybridized carbons (Fsp3) is 0.286. The number of benzene rings is 1. The van der Waals surface area contributed by atoms with Gasteiger partial charge in [0.05, 0.1) is 17.7 Å². The molecule has 2 aromatic heterocycles. The summed E-state index contributed by atoms with van der Waals surface area (Å²) in [6.45, 7) is 4.99. The summed E-state index contributed by atoms with van der Waals surface area (Å²) in [7, 11) is 0. The van der Waals surface area contributed by atoms with E-state index >= 15 is 0 Å². The van der Waals surface area contributed by atoms with Crippen LogP contribution in [-0.2, 0) is 22.3 Å². The van der Waals surface area contributed by atoms with Crippen LogP contribution in [0.3, 0.4) is 0 Å². The minimum atomic E-state index is -4.60. The van der Waals surface area contributed by atoms with Crippen LogP contribution in [0.5, 0.6) is 0 Å². The highest BCUT2D eigenvalue weighted by molar-refractivity contribution is 6.30. The van der Waals surface area contributed by atoms with E-state index in [2.05, 4.69) is 9.97 Å². The van der Waals surface area contributed by atoms with Crippen LogP contribution >= 0.6 is 11.6 Å². The lowest BCUT2D eigenvalue weighted by Crippen LogP contribution is -2.26. The molecule has 30 heavy (non-hydrogen) atoms. The zero-order valence-corrected chi connectivity index (χ0v) is 17.3. The Hall–Kier alpha value is -2.87. The Balaban J connectivity index is 2.11. The highest BCUT2D eigenvalue weighted by atomic mass is 35.5. The predicted octanol–water partition coefficient (Wildman–Crippen LogP) is 5.63. The third-order valence-electron chi connectivity index (χ3n) is 4.00. The molecule has 0 aliphatic carbocycles. The molecule has 0 spiro atoms. The Morgan fingerprint density at radius 2 is 1.73 bits per heavy atom. The molecule has 0 atom stereocenters. The molecule has 3 aromatic rings. The van der Waals surface area contributed by atoms with Crippen LogP contribution in [0.25, 0.3) is 22.5 Å². The number of carbonyl (C=O) groups excluding carboxylic acids is 1. The number of aromatic nitrogens is 3. The first-order valence-electron chi connectivity index (χ1n) is 9.00. The smallest absolute Gasteiger partial charge is 0.433 e. The van der Waals surface area contributed by atoms with Crippen LogP contribution < -0.4 is 0 Å². The maximum Gasteiger partial charge on any atom is 0.433 e. The number of halogens is 4. The van der Waals surface area contributed by atoms with Gasteiger partial charge in [-0.2, -0.15) is 13.2 Å². The van der Waals surface area contributed by atoms with Gasteiger partial charge in [-0.3, -0.25) is 9.78 Å². The highest BCUT2D eigenvalue weighted by Crippen LogP contribution is 2.35. The largest absolute Gasteiger partial charge is 0.459 e. The van der Waals surface area contributed by atoms with Gasteiger partial charge in [0.1, 0.15) is 17.8 Å². The number of pyridine rings is 1. The zero-order valence-electron chi connectivity index (χ0n) is 16.5. The minimum absolute atomic E-state index is 0.211. The van der Waals surface area contributed by atoms with Gasteiger partial charge in [0.25, 0.3) is 0 Å². The van der Waals surface area contributed by atoms with Crippen LogP contribution in [-0.4, -0.2) is 26.1 Å². The summed E-state index contributed by atoms with van der Waals surface area (Å²) in [4.78, 5) is 20.1. The first-order chi connectivity index (χ1) is 13.9. The fourth-order valence-electron chi connectivity index (χ4n) is 2.87. The molecular formula is C21H19ClF3N3O2. The van der Waals surface area contributed by atoms with Crippen molar-refractivity contribution in [2.75, 3.05) is 0 Å². The van der Waals surface area contributed by atoms with E-state index in [1.165, 1.54) is 17.0 Å². The van der Waals surface area contributed by atoms with E-state index in [1.54, 1.807) is 45.0 Å². The van der Waals surface area contributed by atoms with Crippen LogP contribution in [0.2, 0.25) is 5.02 Å². The van der Waals surface area contributed by atoms with Crippen LogP contribution in [0.15, 0.2) is 48.9 Å². The van der Waals surface area contributed by atoms with E-state index in [9.17, 15) is 18.0 Å². The average Bonchev–Trinajstić information content (AvgIpc) is 3.03. The number of carbonyl (C=O) groups is 1. The van der Waals surface area contributed by atoms with Crippen molar-refractivity contribution in [3.05, 3.63) is 59.6 Å². The highest BCUT2D eigenvalue weighted by Gasteiger charge is 2.33. The van der Waals surface area contributed by atoms with E-state index in [0.717, 1.165) is 12.3 Å². The fourth-order valence-corrected chi connectivity index (χ4v) is 3.00. The van der Waals surface area contributed by atoms with Gasteiger partial charge in [-0.05, 0) is 45.0 Å². The van der Waals surface area contributed by atoms with Crippen LogP contribution in [0, 0.1) is 0 Å². The first-order valence-corrected chi connectivity index (χ1v) is 9.38. The van der Waals surface area contributed by atoms with E-state index in [-0.39, 0.29) is 12.1 Å². The molecule has 9 heteroatoms. The average molecular weight is 438 g/mol. The molecule has 0 radical (unpaired) electrons. The second kappa shape index (κ2) is 8.10. The Bertz CT molecular complexity index is 1050. The van der Waals surface area contributed by atoms with Crippen molar-refractivity contribution in [2.24, 2.45) is 0 Å². The molecule has 0 unspecified atom stereocenters. The molecule has 5 nitrogen and oxygen atoms in total. The Labute approximate surface area is 176 Å². The molecule has 0 amide bonds. The van der Waals surface area contributed by atoms with E-state index in [0.29, 0.717) is 22.0 Å². The molecule has 0 saturated heterocycles. The first kappa shape index (κ1) is 21.8. The van der Waals surface area contributed by atoms with Gasteiger partial charge in [-0.1, -0.05) is 23.7 Å². The van der Waals surface area contributed by atoms with Crippen molar-refractivity contribution < 1.29 is 22.7 Å². The minimum Gasteiger partial charge on any atom is -0.459 e. The number of hydrogen-bond acceptors (Lipinski definition) is 4. The number of esters is 1. The van der Waals surface area contributed by atoms with Crippen molar-refractivity contribution in [2.45, 2.75) is 39.1 Å². The van der Waals surface area contributed by atoms with Crippen molar-refractivity contribution in [3.63, 3.8) is 0 Å². The summed E-state index contributed by atoms with van der Waals surface area (Å²) < 4.78 is 46.4. The molecule has 0 aliphatic heterocycles. The SMILES string of the molecule is CC(C)(C)OC(=O)Cn1cnc(-c2ccc(Cl)cc2)c1-c1ccnc(C(F)(F)F)c1. The Morgan fingerprint density at radius 1 is 1.07 bits per heavy atom. The number of imidazole rings is 1. The van der Waals surface area contributed by atoms with Crippen molar-refractivity contribution >= 4 is 17.6 Å². The maximum absolute atomic E-state index is 13.2. The van der Waals surface area contributed by atoms with Gasteiger partial charge in [0.2, 0.25) is 0 Å². The number of ether oxygens (including phenoxy) is 1. The number of rotatable bonds is 4. The van der Waals surface area contributed by atoms with Gasteiger partial charge < -0.3 is 9.30 Å². The molecular weight excluding hydrogens is 419 g/mol. The molecule has 0 fully saturated rings. The molecule has 0 N–H and O–H groups in total. The van der Waals surface area contributed by atoms with Gasteiger partial charge >= 0.3 is 12.1 Å². The zero-order chi connectivity index (χ0) is 22.1. The third-order valence-corrected chi connectivity index (χ3v) is 4.25. The van der Waals surface area contributed by atoms with Gasteiger partial charge in [0, 0.05) is 22.3 Å². The predicted molar refractivity (Wildman–Crippen MR) is 107 cm³/mol. The molecule has 2 heterocycles. The second-order valence-electron chi connectivity index (χ2n) is 7.59. The van der Waals surface area contributed by atoms with E-state index in [1.807, 2.05) is 0 Å². The summed E-state index contributed by atoms with van der Waals surface area (Å²) in [5.41, 5.74) is -0.111. The lowest BCUT2D eigenvalue weighted by molar-refractivity contribution is -0.155. The summed E-state index contributed by atoms with van der Waals surface area (Å²) >= 11 is 5.94. The quantitative estimate of drug-likeness (QED) is 0.497. The van der Waals surface area contributed by atoms with Gasteiger partial charge in [-0.15, -0.1) is 0 Å². The molecule has 1 aromatic carbocycles. The molecule has 3 rings (SSSR count). The lowest BCUT2D eigenvalue weighted by Gasteiger charge is -2.20. The molecule has 0 bridgehead atoms. The van der Waals surface area contributed by atoms with Gasteiger partial charge in [0.15, 0.2) is 0 Å². The standard InChI is InChI=1S/C21H19ClF3N3O2/c1-20(2,3)30-17(29)11-28-12-27-18(13-4-6-15(22)7-5-13)19(28)14-8-9-26-16(10-14)21(23,24)25/h4-10,12H,11H2,1-3H3.